The van der Waals surface area contributed by atoms with Crippen LogP contribution >= 0.6 is 7.82 Å². The molecule has 1 aromatic rings. The maximum atomic E-state index is 12.5. The van der Waals surface area contributed by atoms with Gasteiger partial charge in [0.2, 0.25) is 0 Å². The molecule has 21 heavy (non-hydrogen) atoms. The van der Waals surface area contributed by atoms with Gasteiger partial charge in [0.05, 0.1) is 25.4 Å². The van der Waals surface area contributed by atoms with Crippen LogP contribution in [0.25, 0.3) is 0 Å². The lowest BCUT2D eigenvalue weighted by Crippen LogP contribution is -2.07. The molecular formula is C15H22NO4P. The zero-order valence-electron chi connectivity index (χ0n) is 12.7. The van der Waals surface area contributed by atoms with E-state index in [9.17, 15) is 4.57 Å². The fourth-order valence-corrected chi connectivity index (χ4v) is 3.19. The maximum absolute atomic E-state index is 12.5. The minimum absolute atomic E-state index is 0.232. The summed E-state index contributed by atoms with van der Waals surface area (Å²) in [4.78, 5) is 0. The summed E-state index contributed by atoms with van der Waals surface area (Å²) in [6.45, 7) is 5.91. The van der Waals surface area contributed by atoms with E-state index in [1.54, 1.807) is 13.8 Å². The van der Waals surface area contributed by atoms with Crippen LogP contribution in [0.5, 0.6) is 0 Å². The van der Waals surface area contributed by atoms with Crippen molar-refractivity contribution in [1.82, 2.24) is 0 Å². The highest BCUT2D eigenvalue weighted by molar-refractivity contribution is 7.48. The van der Waals surface area contributed by atoms with Gasteiger partial charge < -0.3 is 0 Å². The van der Waals surface area contributed by atoms with Gasteiger partial charge >= 0.3 is 7.82 Å². The van der Waals surface area contributed by atoms with E-state index in [-0.39, 0.29) is 13.2 Å². The number of aryl methyl sites for hydroxylation is 1. The molecule has 0 aliphatic heterocycles. The average molecular weight is 311 g/mol. The van der Waals surface area contributed by atoms with Gasteiger partial charge in [-0.3, -0.25) is 13.6 Å². The Morgan fingerprint density at radius 3 is 2.24 bits per heavy atom. The largest absolute Gasteiger partial charge is 0.475 e. The summed E-state index contributed by atoms with van der Waals surface area (Å²) in [6, 6.07) is 9.78. The molecule has 0 fully saturated rings. The molecule has 5 nitrogen and oxygen atoms in total. The Hall–Kier alpha value is -1.18. The van der Waals surface area contributed by atoms with Crippen molar-refractivity contribution in [3.63, 3.8) is 0 Å². The minimum atomic E-state index is -3.60. The molecule has 1 rings (SSSR count). The normalized spacial score (nSPS) is 12.9. The van der Waals surface area contributed by atoms with Gasteiger partial charge in [0.15, 0.2) is 0 Å². The van der Waals surface area contributed by atoms with Crippen LogP contribution in [0.15, 0.2) is 24.3 Å². The topological polar surface area (TPSA) is 68.6 Å². The first kappa shape index (κ1) is 17.9. The molecule has 0 aliphatic carbocycles. The van der Waals surface area contributed by atoms with Crippen molar-refractivity contribution in [2.24, 2.45) is 0 Å². The van der Waals surface area contributed by atoms with Gasteiger partial charge in [-0.2, -0.15) is 5.26 Å². The molecule has 0 saturated carbocycles. The third-order valence-electron chi connectivity index (χ3n) is 2.80. The van der Waals surface area contributed by atoms with Gasteiger partial charge in [0.25, 0.3) is 0 Å². The van der Waals surface area contributed by atoms with Crippen LogP contribution in [0.3, 0.4) is 0 Å². The lowest BCUT2D eigenvalue weighted by molar-refractivity contribution is 0.0802. The third-order valence-corrected chi connectivity index (χ3v) is 4.46. The predicted molar refractivity (Wildman–Crippen MR) is 80.7 cm³/mol. The van der Waals surface area contributed by atoms with E-state index in [2.05, 4.69) is 6.07 Å². The molecular weight excluding hydrogens is 289 g/mol. The molecule has 6 heteroatoms. The van der Waals surface area contributed by atoms with Crippen molar-refractivity contribution in [3.8, 4) is 6.07 Å². The second kappa shape index (κ2) is 8.96. The fourth-order valence-electron chi connectivity index (χ4n) is 1.83. The summed E-state index contributed by atoms with van der Waals surface area (Å²) < 4.78 is 28.4. The van der Waals surface area contributed by atoms with Crippen LogP contribution < -0.4 is 0 Å². The Kier molecular flexibility index (Phi) is 7.63. The number of phosphoric ester groups is 1. The highest BCUT2D eigenvalue weighted by Crippen LogP contribution is 2.53. The molecule has 0 spiro atoms. The Morgan fingerprint density at radius 2 is 1.76 bits per heavy atom. The van der Waals surface area contributed by atoms with Crippen LogP contribution in [0.2, 0.25) is 0 Å². The van der Waals surface area contributed by atoms with Crippen molar-refractivity contribution in [3.05, 3.63) is 35.4 Å². The van der Waals surface area contributed by atoms with Crippen LogP contribution in [0.4, 0.5) is 0 Å². The Labute approximate surface area is 126 Å². The van der Waals surface area contributed by atoms with Crippen molar-refractivity contribution in [1.29, 1.82) is 5.26 Å². The first-order valence-corrected chi connectivity index (χ1v) is 8.51. The molecule has 0 aromatic heterocycles. The van der Waals surface area contributed by atoms with Crippen molar-refractivity contribution in [2.45, 2.75) is 39.7 Å². The number of hydrogen-bond donors (Lipinski definition) is 0. The van der Waals surface area contributed by atoms with Gasteiger partial charge in [-0.05, 0) is 32.8 Å². The second-order valence-electron chi connectivity index (χ2n) is 4.48. The lowest BCUT2D eigenvalue weighted by Gasteiger charge is -2.23. The number of hydrogen-bond acceptors (Lipinski definition) is 5. The molecule has 0 radical (unpaired) electrons. The summed E-state index contributed by atoms with van der Waals surface area (Å²) in [7, 11) is -3.60. The van der Waals surface area contributed by atoms with Gasteiger partial charge in [-0.25, -0.2) is 4.57 Å². The smallest absolute Gasteiger partial charge is 0.287 e. The van der Waals surface area contributed by atoms with E-state index in [0.29, 0.717) is 12.8 Å². The van der Waals surface area contributed by atoms with Crippen LogP contribution in [0, 0.1) is 18.3 Å². The van der Waals surface area contributed by atoms with Gasteiger partial charge in [-0.15, -0.1) is 0 Å². The average Bonchev–Trinajstić information content (AvgIpc) is 2.45. The number of nitrogens with zero attached hydrogens (tertiary/aromatic N) is 1. The van der Waals surface area contributed by atoms with Crippen molar-refractivity contribution in [2.75, 3.05) is 13.2 Å². The highest BCUT2D eigenvalue weighted by atomic mass is 31.2. The number of nitriles is 1. The second-order valence-corrected chi connectivity index (χ2v) is 6.11. The van der Waals surface area contributed by atoms with Gasteiger partial charge in [-0.1, -0.05) is 29.8 Å². The predicted octanol–water partition coefficient (Wildman–Crippen LogP) is 4.54. The van der Waals surface area contributed by atoms with Gasteiger partial charge in [0.1, 0.15) is 0 Å². The number of phosphoric acid groups is 1. The maximum Gasteiger partial charge on any atom is 0.475 e. The Morgan fingerprint density at radius 1 is 1.19 bits per heavy atom. The van der Waals surface area contributed by atoms with Crippen LogP contribution in [-0.4, -0.2) is 13.2 Å². The minimum Gasteiger partial charge on any atom is -0.287 e. The van der Waals surface area contributed by atoms with E-state index in [1.165, 1.54) is 0 Å². The highest BCUT2D eigenvalue weighted by Gasteiger charge is 2.30. The molecule has 1 unspecified atom stereocenters. The standard InChI is InChI=1S/C15H22NO4P/c1-4-18-21(17,19-5-2)20-15(7-6-12-16)14-10-8-13(3)9-11-14/h8-11,15H,4-7H2,1-3H3. The first-order valence-electron chi connectivity index (χ1n) is 7.05. The van der Waals surface area contributed by atoms with Crippen LogP contribution in [0.1, 0.15) is 43.9 Å². The van der Waals surface area contributed by atoms with E-state index >= 15 is 0 Å². The van der Waals surface area contributed by atoms with E-state index in [4.69, 9.17) is 18.8 Å². The first-order chi connectivity index (χ1) is 10.0. The lowest BCUT2D eigenvalue weighted by atomic mass is 10.0. The van der Waals surface area contributed by atoms with E-state index in [1.807, 2.05) is 31.2 Å². The Bertz CT molecular complexity index is 499. The number of rotatable bonds is 9. The summed E-state index contributed by atoms with van der Waals surface area (Å²) in [6.07, 6.45) is 0.245. The summed E-state index contributed by atoms with van der Waals surface area (Å²) in [5, 5.41) is 8.77. The quantitative estimate of drug-likeness (QED) is 0.626. The molecule has 0 aliphatic rings. The Balaban J connectivity index is 2.93. The van der Waals surface area contributed by atoms with Crippen molar-refractivity contribution >= 4 is 7.82 Å². The molecule has 0 heterocycles. The fraction of sp³-hybridized carbons (Fsp3) is 0.533. The molecule has 1 aromatic carbocycles. The summed E-state index contributed by atoms with van der Waals surface area (Å²) in [5.41, 5.74) is 1.98. The van der Waals surface area contributed by atoms with Crippen molar-refractivity contribution < 1.29 is 18.1 Å². The molecule has 116 valence electrons. The van der Waals surface area contributed by atoms with E-state index < -0.39 is 13.9 Å². The van der Waals surface area contributed by atoms with Gasteiger partial charge in [0, 0.05) is 6.42 Å². The zero-order chi connectivity index (χ0) is 15.7. The van der Waals surface area contributed by atoms with E-state index in [0.717, 1.165) is 11.1 Å². The third kappa shape index (κ3) is 5.99. The molecule has 0 saturated heterocycles. The molecule has 0 bridgehead atoms. The molecule has 0 amide bonds. The molecule has 0 N–H and O–H groups in total. The zero-order valence-corrected chi connectivity index (χ0v) is 13.6. The summed E-state index contributed by atoms with van der Waals surface area (Å²) in [5.74, 6) is 0. The monoisotopic (exact) mass is 311 g/mol. The molecule has 1 atom stereocenters. The van der Waals surface area contributed by atoms with Crippen LogP contribution in [-0.2, 0) is 18.1 Å². The number of benzene rings is 1. The summed E-state index contributed by atoms with van der Waals surface area (Å²) >= 11 is 0. The SMILES string of the molecule is CCOP(=O)(OCC)OC(CCC#N)c1ccc(C)cc1.